The molecule has 0 radical (unpaired) electrons. The lowest BCUT2D eigenvalue weighted by atomic mass is 9.92. The fourth-order valence-electron chi connectivity index (χ4n) is 2.26. The summed E-state index contributed by atoms with van der Waals surface area (Å²) in [6, 6.07) is 7.67. The third kappa shape index (κ3) is 5.49. The highest BCUT2D eigenvalue weighted by Gasteiger charge is 2.16. The second-order valence-electron chi connectivity index (χ2n) is 7.01. The molecule has 2 rings (SSSR count). The number of hydrogen-bond donors (Lipinski definition) is 1. The molecule has 0 saturated carbocycles. The van der Waals surface area contributed by atoms with Gasteiger partial charge in [-0.25, -0.2) is 0 Å². The molecule has 0 atom stereocenters. The van der Waals surface area contributed by atoms with E-state index >= 15 is 0 Å². The maximum Gasteiger partial charge on any atom is 0.230 e. The number of thioether (sulfide) groups is 1. The number of para-hydroxylation sites is 1. The molecule has 1 heterocycles. The summed E-state index contributed by atoms with van der Waals surface area (Å²) in [4.78, 5) is 12.0. The molecule has 1 N–H and O–H groups in total. The first kappa shape index (κ1) is 19.3. The second-order valence-corrected chi connectivity index (χ2v) is 7.96. The number of carbonyl (C=O) groups excluding carboxylic acids is 1. The van der Waals surface area contributed by atoms with Crippen molar-refractivity contribution < 1.29 is 9.53 Å². The lowest BCUT2D eigenvalue weighted by Crippen LogP contribution is -2.28. The number of nitrogens with zero attached hydrogens (tertiary/aromatic N) is 3. The summed E-state index contributed by atoms with van der Waals surface area (Å²) in [6.07, 6.45) is 0.950. The number of benzene rings is 1. The van der Waals surface area contributed by atoms with Gasteiger partial charge >= 0.3 is 0 Å². The van der Waals surface area contributed by atoms with Crippen molar-refractivity contribution in [3.8, 4) is 17.1 Å². The van der Waals surface area contributed by atoms with Crippen LogP contribution in [0.5, 0.6) is 5.75 Å². The second kappa shape index (κ2) is 8.38. The molecular weight excluding hydrogens is 336 g/mol. The summed E-state index contributed by atoms with van der Waals surface area (Å²) in [5.74, 6) is 1.79. The van der Waals surface area contributed by atoms with Crippen molar-refractivity contribution in [2.24, 2.45) is 12.5 Å². The Hall–Kier alpha value is -2.02. The Morgan fingerprint density at radius 3 is 2.68 bits per heavy atom. The number of amides is 1. The van der Waals surface area contributed by atoms with E-state index in [2.05, 4.69) is 36.3 Å². The van der Waals surface area contributed by atoms with Crippen LogP contribution in [0.4, 0.5) is 0 Å². The zero-order chi connectivity index (χ0) is 18.4. The van der Waals surface area contributed by atoms with Crippen LogP contribution in [0.15, 0.2) is 29.4 Å². The van der Waals surface area contributed by atoms with Crippen LogP contribution in [0.3, 0.4) is 0 Å². The van der Waals surface area contributed by atoms with Crippen LogP contribution >= 0.6 is 11.8 Å². The van der Waals surface area contributed by atoms with E-state index in [9.17, 15) is 4.79 Å². The van der Waals surface area contributed by atoms with Gasteiger partial charge in [0.15, 0.2) is 11.0 Å². The standard InChI is InChI=1S/C18H26N4O2S/c1-18(2,3)10-11-19-15(23)12-25-17-21-20-16(22(17)4)13-8-6-7-9-14(13)24-5/h6-9H,10-12H2,1-5H3,(H,19,23). The van der Waals surface area contributed by atoms with Crippen molar-refractivity contribution in [1.82, 2.24) is 20.1 Å². The fraction of sp³-hybridized carbons (Fsp3) is 0.500. The Morgan fingerprint density at radius 2 is 2.00 bits per heavy atom. The molecule has 0 unspecified atom stereocenters. The summed E-state index contributed by atoms with van der Waals surface area (Å²) >= 11 is 1.38. The lowest BCUT2D eigenvalue weighted by molar-refractivity contribution is -0.118. The van der Waals surface area contributed by atoms with Crippen molar-refractivity contribution in [2.75, 3.05) is 19.4 Å². The summed E-state index contributed by atoms with van der Waals surface area (Å²) in [5.41, 5.74) is 1.09. The average Bonchev–Trinajstić information content (AvgIpc) is 2.92. The van der Waals surface area contributed by atoms with Gasteiger partial charge in [0.05, 0.1) is 18.4 Å². The van der Waals surface area contributed by atoms with Crippen LogP contribution in [0.1, 0.15) is 27.2 Å². The molecule has 6 nitrogen and oxygen atoms in total. The average molecular weight is 362 g/mol. The Morgan fingerprint density at radius 1 is 1.28 bits per heavy atom. The quantitative estimate of drug-likeness (QED) is 0.767. The van der Waals surface area contributed by atoms with Crippen LogP contribution in [0, 0.1) is 5.41 Å². The van der Waals surface area contributed by atoms with Crippen molar-refractivity contribution in [3.63, 3.8) is 0 Å². The van der Waals surface area contributed by atoms with Crippen LogP contribution < -0.4 is 10.1 Å². The molecule has 0 bridgehead atoms. The van der Waals surface area contributed by atoms with Crippen LogP contribution in [-0.4, -0.2) is 40.1 Å². The fourth-order valence-corrected chi connectivity index (χ4v) is 3.00. The molecule has 2 aromatic rings. The van der Waals surface area contributed by atoms with E-state index in [0.29, 0.717) is 23.3 Å². The van der Waals surface area contributed by atoms with Crippen LogP contribution in [0.2, 0.25) is 0 Å². The predicted octanol–water partition coefficient (Wildman–Crippen LogP) is 3.14. The van der Waals surface area contributed by atoms with Crippen molar-refractivity contribution in [1.29, 1.82) is 0 Å². The normalized spacial score (nSPS) is 11.4. The Kier molecular flexibility index (Phi) is 6.47. The zero-order valence-electron chi connectivity index (χ0n) is 15.5. The van der Waals surface area contributed by atoms with Gasteiger partial charge in [-0.15, -0.1) is 10.2 Å². The molecule has 7 heteroatoms. The highest BCUT2D eigenvalue weighted by atomic mass is 32.2. The minimum Gasteiger partial charge on any atom is -0.496 e. The highest BCUT2D eigenvalue weighted by Crippen LogP contribution is 2.29. The van der Waals surface area contributed by atoms with Crippen LogP contribution in [-0.2, 0) is 11.8 Å². The molecule has 1 aromatic heterocycles. The van der Waals surface area contributed by atoms with E-state index in [4.69, 9.17) is 4.74 Å². The van der Waals surface area contributed by atoms with E-state index in [-0.39, 0.29) is 11.3 Å². The van der Waals surface area contributed by atoms with E-state index in [1.807, 2.05) is 35.9 Å². The van der Waals surface area contributed by atoms with E-state index in [0.717, 1.165) is 17.7 Å². The number of aromatic nitrogens is 3. The predicted molar refractivity (Wildman–Crippen MR) is 101 cm³/mol. The van der Waals surface area contributed by atoms with Gasteiger partial charge in [-0.3, -0.25) is 4.79 Å². The minimum atomic E-state index is 0.0103. The zero-order valence-corrected chi connectivity index (χ0v) is 16.3. The van der Waals surface area contributed by atoms with Gasteiger partial charge in [-0.1, -0.05) is 44.7 Å². The van der Waals surface area contributed by atoms with Gasteiger partial charge in [0.1, 0.15) is 5.75 Å². The first-order chi connectivity index (χ1) is 11.8. The first-order valence-electron chi connectivity index (χ1n) is 8.24. The van der Waals surface area contributed by atoms with Gasteiger partial charge in [-0.2, -0.15) is 0 Å². The number of rotatable bonds is 7. The molecule has 0 spiro atoms. The molecule has 136 valence electrons. The first-order valence-corrected chi connectivity index (χ1v) is 9.22. The third-order valence-electron chi connectivity index (χ3n) is 3.71. The van der Waals surface area contributed by atoms with E-state index in [1.54, 1.807) is 7.11 Å². The number of ether oxygens (including phenoxy) is 1. The van der Waals surface area contributed by atoms with Crippen LogP contribution in [0.25, 0.3) is 11.4 Å². The monoisotopic (exact) mass is 362 g/mol. The molecule has 0 aliphatic carbocycles. The Bertz CT molecular complexity index is 722. The molecule has 25 heavy (non-hydrogen) atoms. The molecule has 1 aromatic carbocycles. The summed E-state index contributed by atoms with van der Waals surface area (Å²) in [6.45, 7) is 7.17. The van der Waals surface area contributed by atoms with Gasteiger partial charge in [0.25, 0.3) is 0 Å². The maximum atomic E-state index is 12.0. The van der Waals surface area contributed by atoms with Crippen molar-refractivity contribution in [2.45, 2.75) is 32.3 Å². The van der Waals surface area contributed by atoms with Crippen molar-refractivity contribution in [3.05, 3.63) is 24.3 Å². The molecule has 1 amide bonds. The Labute approximate surface area is 153 Å². The molecule has 0 aliphatic rings. The molecular formula is C18H26N4O2S. The number of hydrogen-bond acceptors (Lipinski definition) is 5. The summed E-state index contributed by atoms with van der Waals surface area (Å²) in [7, 11) is 3.52. The number of nitrogens with one attached hydrogen (secondary N) is 1. The smallest absolute Gasteiger partial charge is 0.230 e. The SMILES string of the molecule is COc1ccccc1-c1nnc(SCC(=O)NCCC(C)(C)C)n1C. The summed E-state index contributed by atoms with van der Waals surface area (Å²) in [5, 5.41) is 12.1. The van der Waals surface area contributed by atoms with Crippen molar-refractivity contribution >= 4 is 17.7 Å². The van der Waals surface area contributed by atoms with Gasteiger partial charge in [0, 0.05) is 13.6 Å². The third-order valence-corrected chi connectivity index (χ3v) is 4.73. The molecule has 0 saturated heterocycles. The molecule has 0 fully saturated rings. The largest absolute Gasteiger partial charge is 0.496 e. The molecule has 0 aliphatic heterocycles. The Balaban J connectivity index is 1.96. The summed E-state index contributed by atoms with van der Waals surface area (Å²) < 4.78 is 7.26. The number of methoxy groups -OCH3 is 1. The topological polar surface area (TPSA) is 69.0 Å². The van der Waals surface area contributed by atoms with Gasteiger partial charge in [0.2, 0.25) is 5.91 Å². The van der Waals surface area contributed by atoms with E-state index in [1.165, 1.54) is 11.8 Å². The van der Waals surface area contributed by atoms with Gasteiger partial charge in [-0.05, 0) is 24.0 Å². The van der Waals surface area contributed by atoms with E-state index < -0.39 is 0 Å². The minimum absolute atomic E-state index is 0.0103. The highest BCUT2D eigenvalue weighted by molar-refractivity contribution is 7.99. The maximum absolute atomic E-state index is 12.0. The van der Waals surface area contributed by atoms with Gasteiger partial charge < -0.3 is 14.6 Å². The number of carbonyl (C=O) groups is 1. The lowest BCUT2D eigenvalue weighted by Gasteiger charge is -2.17.